The molecule has 0 aromatic heterocycles. The molecule has 0 saturated heterocycles. The summed E-state index contributed by atoms with van der Waals surface area (Å²) in [6.07, 6.45) is 0. The largest absolute Gasteiger partial charge is 0.498 e. The quantitative estimate of drug-likeness (QED) is 0.548. The standard InChI is InChI=1S/C3H2F6O4S2.Na/c4-2(5,6)14(10,11)1-15(12,13)3(7,8)9;/h1H2;. The van der Waals surface area contributed by atoms with E-state index in [-0.39, 0.29) is 29.6 Å². The Hall–Kier alpha value is 0.480. The van der Waals surface area contributed by atoms with Crippen LogP contribution in [0.2, 0.25) is 0 Å². The van der Waals surface area contributed by atoms with E-state index in [0.717, 1.165) is 0 Å². The number of alkyl halides is 6. The minimum Gasteiger partial charge on any atom is -0.218 e. The average Bonchev–Trinajstić information content (AvgIpc) is 1.77. The van der Waals surface area contributed by atoms with Gasteiger partial charge in [-0.15, -0.1) is 0 Å². The summed E-state index contributed by atoms with van der Waals surface area (Å²) in [6.45, 7) is 0. The van der Waals surface area contributed by atoms with Crippen LogP contribution < -0.4 is 0 Å². The second-order valence-corrected chi connectivity index (χ2v) is 6.57. The zero-order valence-electron chi connectivity index (χ0n) is 7.42. The molecule has 0 aliphatic heterocycles. The van der Waals surface area contributed by atoms with Gasteiger partial charge in [-0.1, -0.05) is 0 Å². The Morgan fingerprint density at radius 1 is 0.688 bits per heavy atom. The van der Waals surface area contributed by atoms with Gasteiger partial charge < -0.3 is 0 Å². The third-order valence-corrected chi connectivity index (χ3v) is 4.91. The first-order chi connectivity index (χ1) is 6.21. The number of sulfone groups is 2. The SMILES string of the molecule is O=S(=O)(CS(=O)(=O)C(F)(F)F)C(F)(F)F.[Na]. The monoisotopic (exact) mass is 303 g/mol. The molecule has 0 amide bonds. The average molecular weight is 303 g/mol. The molecule has 4 nitrogen and oxygen atoms in total. The molecule has 0 unspecified atom stereocenters. The third kappa shape index (κ3) is 4.39. The summed E-state index contributed by atoms with van der Waals surface area (Å²) in [5.74, 6) is 0. The summed E-state index contributed by atoms with van der Waals surface area (Å²) < 4.78 is 110. The summed E-state index contributed by atoms with van der Waals surface area (Å²) in [7, 11) is -12.7. The number of halogens is 6. The molecule has 0 atom stereocenters. The van der Waals surface area contributed by atoms with Gasteiger partial charge in [-0.05, 0) is 0 Å². The number of hydrogen-bond acceptors (Lipinski definition) is 4. The van der Waals surface area contributed by atoms with Gasteiger partial charge in [0.05, 0.1) is 0 Å². The second kappa shape index (κ2) is 5.00. The van der Waals surface area contributed by atoms with E-state index >= 15 is 0 Å². The van der Waals surface area contributed by atoms with Gasteiger partial charge in [0.25, 0.3) is 19.7 Å². The van der Waals surface area contributed by atoms with Gasteiger partial charge in [-0.2, -0.15) is 26.3 Å². The molecule has 0 heterocycles. The van der Waals surface area contributed by atoms with Crippen molar-refractivity contribution in [2.45, 2.75) is 11.0 Å². The molecule has 0 bridgehead atoms. The molecule has 0 saturated carbocycles. The van der Waals surface area contributed by atoms with E-state index < -0.39 is 35.8 Å². The van der Waals surface area contributed by atoms with Gasteiger partial charge in [0.1, 0.15) is 0 Å². The van der Waals surface area contributed by atoms with Crippen molar-refractivity contribution in [1.29, 1.82) is 0 Å². The topological polar surface area (TPSA) is 68.3 Å². The van der Waals surface area contributed by atoms with Crippen molar-refractivity contribution in [2.24, 2.45) is 0 Å². The Labute approximate surface area is 108 Å². The van der Waals surface area contributed by atoms with Crippen molar-refractivity contribution < 1.29 is 43.2 Å². The molecule has 0 aromatic rings. The minimum atomic E-state index is -6.35. The summed E-state index contributed by atoms with van der Waals surface area (Å²) in [6, 6.07) is 0. The fourth-order valence-corrected chi connectivity index (χ4v) is 3.04. The molecule has 0 N–H and O–H groups in total. The summed E-state index contributed by atoms with van der Waals surface area (Å²) >= 11 is 0. The Morgan fingerprint density at radius 3 is 1.00 bits per heavy atom. The molecule has 13 heteroatoms. The molecule has 0 aliphatic carbocycles. The van der Waals surface area contributed by atoms with Crippen LogP contribution in [0.25, 0.3) is 0 Å². The van der Waals surface area contributed by atoms with Gasteiger partial charge in [0, 0.05) is 29.6 Å². The van der Waals surface area contributed by atoms with Crippen LogP contribution in [-0.2, 0) is 19.7 Å². The number of hydrogen-bond donors (Lipinski definition) is 0. The van der Waals surface area contributed by atoms with E-state index in [1.165, 1.54) is 0 Å². The van der Waals surface area contributed by atoms with Gasteiger partial charge in [0.15, 0.2) is 5.08 Å². The maximum absolute atomic E-state index is 11.5. The van der Waals surface area contributed by atoms with E-state index in [4.69, 9.17) is 0 Å². The van der Waals surface area contributed by atoms with Crippen LogP contribution >= 0.6 is 0 Å². The minimum absolute atomic E-state index is 0. The molecule has 0 spiro atoms. The number of rotatable bonds is 2. The Bertz CT molecular complexity index is 387. The van der Waals surface area contributed by atoms with Crippen molar-refractivity contribution in [3.8, 4) is 0 Å². The first-order valence-electron chi connectivity index (χ1n) is 2.79. The van der Waals surface area contributed by atoms with E-state index in [1.54, 1.807) is 0 Å². The van der Waals surface area contributed by atoms with Crippen LogP contribution in [0.15, 0.2) is 0 Å². The first-order valence-corrected chi connectivity index (χ1v) is 6.09. The molecule has 0 rings (SSSR count). The predicted octanol–water partition coefficient (Wildman–Crippen LogP) is 0.432. The maximum atomic E-state index is 11.5. The zero-order valence-corrected chi connectivity index (χ0v) is 11.1. The van der Waals surface area contributed by atoms with Crippen molar-refractivity contribution in [3.05, 3.63) is 0 Å². The van der Waals surface area contributed by atoms with Crippen LogP contribution in [-0.4, -0.2) is 62.5 Å². The van der Waals surface area contributed by atoms with Crippen molar-refractivity contribution >= 4 is 49.2 Å². The second-order valence-electron chi connectivity index (χ2n) is 2.24. The van der Waals surface area contributed by atoms with E-state index in [9.17, 15) is 43.2 Å². The van der Waals surface area contributed by atoms with Crippen LogP contribution in [0.3, 0.4) is 0 Å². The Balaban J connectivity index is 0. The van der Waals surface area contributed by atoms with Gasteiger partial charge in [-0.3, -0.25) is 0 Å². The molecular weight excluding hydrogens is 301 g/mol. The fourth-order valence-electron chi connectivity index (χ4n) is 0.338. The molecule has 93 valence electrons. The smallest absolute Gasteiger partial charge is 0.218 e. The van der Waals surface area contributed by atoms with Crippen LogP contribution in [0.1, 0.15) is 0 Å². The van der Waals surface area contributed by atoms with E-state index in [1.807, 2.05) is 0 Å². The van der Waals surface area contributed by atoms with Gasteiger partial charge >= 0.3 is 11.0 Å². The molecule has 16 heavy (non-hydrogen) atoms. The maximum Gasteiger partial charge on any atom is 0.498 e. The van der Waals surface area contributed by atoms with Crippen molar-refractivity contribution in [3.63, 3.8) is 0 Å². The molecule has 0 aromatic carbocycles. The van der Waals surface area contributed by atoms with Gasteiger partial charge in [0.2, 0.25) is 0 Å². The van der Waals surface area contributed by atoms with E-state index in [0.29, 0.717) is 0 Å². The molecule has 1 radical (unpaired) electrons. The predicted molar refractivity (Wildman–Crippen MR) is 40.6 cm³/mol. The van der Waals surface area contributed by atoms with Gasteiger partial charge in [-0.25, -0.2) is 16.8 Å². The van der Waals surface area contributed by atoms with Crippen LogP contribution in [0.4, 0.5) is 26.3 Å². The summed E-state index contributed by atoms with van der Waals surface area (Å²) in [5, 5.41) is -3.03. The Kier molecular flexibility index (Phi) is 5.89. The third-order valence-electron chi connectivity index (χ3n) is 1.02. The van der Waals surface area contributed by atoms with Crippen LogP contribution in [0.5, 0.6) is 0 Å². The van der Waals surface area contributed by atoms with Crippen molar-refractivity contribution in [2.75, 3.05) is 5.08 Å². The molecule has 0 fully saturated rings. The normalized spacial score (nSPS) is 14.4. The summed E-state index contributed by atoms with van der Waals surface area (Å²) in [5.41, 5.74) is -12.1. The fraction of sp³-hybridized carbons (Fsp3) is 1.00. The first kappa shape index (κ1) is 18.8. The molecular formula is C3H2F6NaO4S2. The van der Waals surface area contributed by atoms with E-state index in [2.05, 4.69) is 0 Å². The van der Waals surface area contributed by atoms with Crippen LogP contribution in [0, 0.1) is 0 Å². The Morgan fingerprint density at radius 2 is 0.875 bits per heavy atom. The zero-order chi connectivity index (χ0) is 12.7. The van der Waals surface area contributed by atoms with Crippen molar-refractivity contribution in [1.82, 2.24) is 0 Å². The molecule has 0 aliphatic rings. The summed E-state index contributed by atoms with van der Waals surface area (Å²) in [4.78, 5) is 0.